The Kier molecular flexibility index (Phi) is 3.66. The Morgan fingerprint density at radius 2 is 2.26 bits per heavy atom. The maximum absolute atomic E-state index is 12.0. The minimum atomic E-state index is -0.988. The second kappa shape index (κ2) is 5.40. The third-order valence-electron chi connectivity index (χ3n) is 3.04. The maximum atomic E-state index is 12.0. The Morgan fingerprint density at radius 3 is 2.95 bits per heavy atom. The van der Waals surface area contributed by atoms with Crippen LogP contribution in [-0.4, -0.2) is 34.6 Å². The van der Waals surface area contributed by atoms with Crippen LogP contribution in [0.5, 0.6) is 0 Å². The van der Waals surface area contributed by atoms with Crippen molar-refractivity contribution in [3.05, 3.63) is 29.8 Å². The number of carbonyl (C=O) groups is 2. The standard InChI is InChI=1S/C13H13N3O3/c14-8-9-3-1-4-10(7-9)15-13(19)16-6-2-5-11(16)12(17)18/h1,3-4,7,11H,2,5-6H2,(H,15,19)(H,17,18). The molecule has 0 spiro atoms. The van der Waals surface area contributed by atoms with E-state index in [1.165, 1.54) is 4.90 Å². The van der Waals surface area contributed by atoms with Gasteiger partial charge in [-0.3, -0.25) is 0 Å². The molecule has 0 saturated carbocycles. The van der Waals surface area contributed by atoms with Gasteiger partial charge in [-0.1, -0.05) is 6.07 Å². The summed E-state index contributed by atoms with van der Waals surface area (Å²) in [5.74, 6) is -0.988. The number of urea groups is 1. The van der Waals surface area contributed by atoms with Crippen LogP contribution in [-0.2, 0) is 4.79 Å². The van der Waals surface area contributed by atoms with Crippen LogP contribution in [0.15, 0.2) is 24.3 Å². The highest BCUT2D eigenvalue weighted by Crippen LogP contribution is 2.19. The monoisotopic (exact) mass is 259 g/mol. The fourth-order valence-corrected chi connectivity index (χ4v) is 2.13. The molecule has 6 heteroatoms. The lowest BCUT2D eigenvalue weighted by atomic mass is 10.2. The number of likely N-dealkylation sites (tertiary alicyclic amines) is 1. The van der Waals surface area contributed by atoms with Crippen LogP contribution in [0.4, 0.5) is 10.5 Å². The highest BCUT2D eigenvalue weighted by atomic mass is 16.4. The first kappa shape index (κ1) is 12.9. The molecule has 19 heavy (non-hydrogen) atoms. The van der Waals surface area contributed by atoms with E-state index in [-0.39, 0.29) is 0 Å². The van der Waals surface area contributed by atoms with Crippen molar-refractivity contribution in [2.45, 2.75) is 18.9 Å². The van der Waals surface area contributed by atoms with E-state index in [2.05, 4.69) is 5.32 Å². The van der Waals surface area contributed by atoms with Gasteiger partial charge in [-0.15, -0.1) is 0 Å². The van der Waals surface area contributed by atoms with Crippen LogP contribution in [0.1, 0.15) is 18.4 Å². The molecule has 1 atom stereocenters. The number of carboxylic acid groups (broad SMARTS) is 1. The van der Waals surface area contributed by atoms with Crippen molar-refractivity contribution in [1.82, 2.24) is 4.90 Å². The fraction of sp³-hybridized carbons (Fsp3) is 0.308. The molecule has 1 fully saturated rings. The molecule has 1 heterocycles. The average Bonchev–Trinajstić information content (AvgIpc) is 2.88. The quantitative estimate of drug-likeness (QED) is 0.844. The van der Waals surface area contributed by atoms with Crippen molar-refractivity contribution in [2.75, 3.05) is 11.9 Å². The van der Waals surface area contributed by atoms with Gasteiger partial charge in [-0.2, -0.15) is 5.26 Å². The molecule has 2 N–H and O–H groups in total. The third kappa shape index (κ3) is 2.83. The number of rotatable bonds is 2. The predicted molar refractivity (Wildman–Crippen MR) is 67.5 cm³/mol. The second-order valence-corrected chi connectivity index (χ2v) is 4.31. The highest BCUT2D eigenvalue weighted by Gasteiger charge is 2.33. The summed E-state index contributed by atoms with van der Waals surface area (Å²) in [6.07, 6.45) is 1.16. The largest absolute Gasteiger partial charge is 0.480 e. The molecule has 0 bridgehead atoms. The van der Waals surface area contributed by atoms with Crippen molar-refractivity contribution < 1.29 is 14.7 Å². The van der Waals surface area contributed by atoms with E-state index in [1.807, 2.05) is 6.07 Å². The Balaban J connectivity index is 2.08. The Labute approximate surface area is 110 Å². The van der Waals surface area contributed by atoms with Crippen molar-refractivity contribution in [1.29, 1.82) is 5.26 Å². The van der Waals surface area contributed by atoms with Crippen molar-refractivity contribution in [2.24, 2.45) is 0 Å². The van der Waals surface area contributed by atoms with Crippen molar-refractivity contribution >= 4 is 17.7 Å². The van der Waals surface area contributed by atoms with Crippen LogP contribution in [0, 0.1) is 11.3 Å². The van der Waals surface area contributed by atoms with Gasteiger partial charge < -0.3 is 15.3 Å². The van der Waals surface area contributed by atoms with E-state index in [0.717, 1.165) is 0 Å². The lowest BCUT2D eigenvalue weighted by molar-refractivity contribution is -0.141. The summed E-state index contributed by atoms with van der Waals surface area (Å²) in [6, 6.07) is 7.26. The topological polar surface area (TPSA) is 93.4 Å². The van der Waals surface area contributed by atoms with Gasteiger partial charge in [0.15, 0.2) is 0 Å². The number of amides is 2. The predicted octanol–water partition coefficient (Wildman–Crippen LogP) is 1.64. The first-order chi connectivity index (χ1) is 9.11. The number of aliphatic carboxylic acids is 1. The Hall–Kier alpha value is -2.55. The summed E-state index contributed by atoms with van der Waals surface area (Å²) >= 11 is 0. The van der Waals surface area contributed by atoms with Crippen LogP contribution in [0.3, 0.4) is 0 Å². The first-order valence-electron chi connectivity index (χ1n) is 5.92. The zero-order valence-corrected chi connectivity index (χ0v) is 10.2. The number of carbonyl (C=O) groups excluding carboxylic acids is 1. The van der Waals surface area contributed by atoms with Crippen molar-refractivity contribution in [3.63, 3.8) is 0 Å². The molecule has 2 rings (SSSR count). The summed E-state index contributed by atoms with van der Waals surface area (Å²) in [5.41, 5.74) is 0.925. The van der Waals surface area contributed by atoms with Crippen LogP contribution < -0.4 is 5.32 Å². The number of hydrogen-bond donors (Lipinski definition) is 2. The number of anilines is 1. The Bertz CT molecular complexity index is 550. The lowest BCUT2D eigenvalue weighted by Crippen LogP contribution is -2.42. The zero-order valence-electron chi connectivity index (χ0n) is 10.2. The summed E-state index contributed by atoms with van der Waals surface area (Å²) < 4.78 is 0. The van der Waals surface area contributed by atoms with Crippen LogP contribution >= 0.6 is 0 Å². The zero-order chi connectivity index (χ0) is 13.8. The summed E-state index contributed by atoms with van der Waals surface area (Å²) in [6.45, 7) is 0.431. The molecule has 0 radical (unpaired) electrons. The molecule has 1 aromatic rings. The van der Waals surface area contributed by atoms with Gasteiger partial charge in [0.2, 0.25) is 0 Å². The van der Waals surface area contributed by atoms with E-state index in [0.29, 0.717) is 30.6 Å². The molecule has 1 unspecified atom stereocenters. The lowest BCUT2D eigenvalue weighted by Gasteiger charge is -2.21. The Morgan fingerprint density at radius 1 is 1.47 bits per heavy atom. The normalized spacial score (nSPS) is 17.8. The van der Waals surface area contributed by atoms with E-state index in [4.69, 9.17) is 10.4 Å². The summed E-state index contributed by atoms with van der Waals surface area (Å²) in [7, 11) is 0. The van der Waals surface area contributed by atoms with Gasteiger partial charge in [-0.25, -0.2) is 9.59 Å². The molecule has 6 nitrogen and oxygen atoms in total. The molecule has 0 aliphatic carbocycles. The first-order valence-corrected chi connectivity index (χ1v) is 5.92. The molecule has 0 aromatic heterocycles. The smallest absolute Gasteiger partial charge is 0.326 e. The van der Waals surface area contributed by atoms with Gasteiger partial charge in [0, 0.05) is 12.2 Å². The molecule has 1 saturated heterocycles. The van der Waals surface area contributed by atoms with Gasteiger partial charge in [-0.05, 0) is 31.0 Å². The van der Waals surface area contributed by atoms with Gasteiger partial charge in [0.05, 0.1) is 11.6 Å². The van der Waals surface area contributed by atoms with E-state index >= 15 is 0 Å². The second-order valence-electron chi connectivity index (χ2n) is 4.31. The minimum absolute atomic E-state index is 0.431. The van der Waals surface area contributed by atoms with E-state index in [1.54, 1.807) is 24.3 Å². The van der Waals surface area contributed by atoms with Crippen molar-refractivity contribution in [3.8, 4) is 6.07 Å². The highest BCUT2D eigenvalue weighted by molar-refractivity contribution is 5.92. The number of nitrogens with one attached hydrogen (secondary N) is 1. The number of nitriles is 1. The number of carboxylic acids is 1. The van der Waals surface area contributed by atoms with E-state index < -0.39 is 18.0 Å². The average molecular weight is 259 g/mol. The molecule has 98 valence electrons. The molecular formula is C13H13N3O3. The number of benzene rings is 1. The SMILES string of the molecule is N#Cc1cccc(NC(=O)N2CCCC2C(=O)O)c1. The van der Waals surface area contributed by atoms with Gasteiger partial charge in [0.1, 0.15) is 6.04 Å². The molecular weight excluding hydrogens is 246 g/mol. The molecule has 1 aromatic carbocycles. The number of hydrogen-bond acceptors (Lipinski definition) is 3. The van der Waals surface area contributed by atoms with Gasteiger partial charge in [0.25, 0.3) is 0 Å². The molecule has 1 aliphatic rings. The van der Waals surface area contributed by atoms with Crippen LogP contribution in [0.25, 0.3) is 0 Å². The summed E-state index contributed by atoms with van der Waals surface area (Å²) in [4.78, 5) is 24.3. The maximum Gasteiger partial charge on any atom is 0.326 e. The van der Waals surface area contributed by atoms with Crippen LogP contribution in [0.2, 0.25) is 0 Å². The summed E-state index contributed by atoms with van der Waals surface area (Å²) in [5, 5.41) is 20.4. The fourth-order valence-electron chi connectivity index (χ4n) is 2.13. The minimum Gasteiger partial charge on any atom is -0.480 e. The van der Waals surface area contributed by atoms with E-state index in [9.17, 15) is 9.59 Å². The van der Waals surface area contributed by atoms with Gasteiger partial charge >= 0.3 is 12.0 Å². The number of nitrogens with zero attached hydrogens (tertiary/aromatic N) is 2. The third-order valence-corrected chi connectivity index (χ3v) is 3.04. The molecule has 2 amide bonds. The molecule has 1 aliphatic heterocycles.